The Hall–Kier alpha value is -4.19. The summed E-state index contributed by atoms with van der Waals surface area (Å²) in [6.45, 7) is 2.00. The first-order valence-electron chi connectivity index (χ1n) is 11.3. The zero-order valence-corrected chi connectivity index (χ0v) is 19.0. The van der Waals surface area contributed by atoms with Crippen molar-refractivity contribution in [2.45, 2.75) is 0 Å². The van der Waals surface area contributed by atoms with E-state index in [0.29, 0.717) is 37.3 Å². The molecule has 2 amide bonds. The van der Waals surface area contributed by atoms with Crippen LogP contribution < -0.4 is 4.74 Å². The van der Waals surface area contributed by atoms with Crippen LogP contribution in [0.25, 0.3) is 22.2 Å². The van der Waals surface area contributed by atoms with Crippen molar-refractivity contribution in [3.8, 4) is 17.0 Å². The van der Waals surface area contributed by atoms with Gasteiger partial charge in [0, 0.05) is 42.7 Å². The molecule has 1 saturated heterocycles. The summed E-state index contributed by atoms with van der Waals surface area (Å²) in [7, 11) is 1.63. The van der Waals surface area contributed by atoms with Crippen molar-refractivity contribution in [2.24, 2.45) is 0 Å². The number of methoxy groups -OCH3 is 1. The van der Waals surface area contributed by atoms with Gasteiger partial charge >= 0.3 is 0 Å². The van der Waals surface area contributed by atoms with Gasteiger partial charge in [0.2, 0.25) is 0 Å². The number of carbonyl (C=O) groups excluding carboxylic acids is 2. The maximum atomic E-state index is 13.6. The van der Waals surface area contributed by atoms with Gasteiger partial charge < -0.3 is 14.5 Å². The molecule has 6 nitrogen and oxygen atoms in total. The van der Waals surface area contributed by atoms with Gasteiger partial charge in [0.1, 0.15) is 5.75 Å². The number of hydrogen-bond acceptors (Lipinski definition) is 4. The Morgan fingerprint density at radius 1 is 0.765 bits per heavy atom. The number of ether oxygens (including phenoxy) is 1. The molecule has 5 rings (SSSR count). The molecule has 6 heteroatoms. The molecule has 2 heterocycles. The Morgan fingerprint density at radius 2 is 1.38 bits per heavy atom. The molecule has 0 bridgehead atoms. The number of benzene rings is 3. The molecule has 170 valence electrons. The molecule has 3 aromatic carbocycles. The van der Waals surface area contributed by atoms with Crippen molar-refractivity contribution in [3.63, 3.8) is 0 Å². The molecule has 34 heavy (non-hydrogen) atoms. The van der Waals surface area contributed by atoms with Crippen LogP contribution in [0.3, 0.4) is 0 Å². The van der Waals surface area contributed by atoms with Crippen molar-refractivity contribution >= 4 is 22.7 Å². The maximum absolute atomic E-state index is 13.6. The molecule has 0 aliphatic carbocycles. The molecule has 1 aliphatic rings. The highest BCUT2D eigenvalue weighted by molar-refractivity contribution is 6.07. The SMILES string of the molecule is COc1ccc(-c2cc(C(=O)N3CCN(C(=O)c4ccccc4)CC3)c3ccccc3n2)cc1. The van der Waals surface area contributed by atoms with Gasteiger partial charge in [0.05, 0.1) is 23.9 Å². The number of amides is 2. The van der Waals surface area contributed by atoms with E-state index >= 15 is 0 Å². The topological polar surface area (TPSA) is 62.7 Å². The van der Waals surface area contributed by atoms with Crippen molar-refractivity contribution in [1.82, 2.24) is 14.8 Å². The molecular formula is C28H25N3O3. The lowest BCUT2D eigenvalue weighted by Gasteiger charge is -2.35. The van der Waals surface area contributed by atoms with E-state index < -0.39 is 0 Å². The first-order chi connectivity index (χ1) is 16.6. The number of fused-ring (bicyclic) bond motifs is 1. The predicted octanol–water partition coefficient (Wildman–Crippen LogP) is 4.51. The van der Waals surface area contributed by atoms with Crippen LogP contribution in [-0.4, -0.2) is 59.9 Å². The first-order valence-corrected chi connectivity index (χ1v) is 11.3. The number of para-hydroxylation sites is 1. The number of hydrogen-bond donors (Lipinski definition) is 0. The summed E-state index contributed by atoms with van der Waals surface area (Å²) in [6, 6.07) is 26.5. The van der Waals surface area contributed by atoms with E-state index in [4.69, 9.17) is 9.72 Å². The van der Waals surface area contributed by atoms with Gasteiger partial charge in [-0.3, -0.25) is 9.59 Å². The number of carbonyl (C=O) groups is 2. The second kappa shape index (κ2) is 9.35. The predicted molar refractivity (Wildman–Crippen MR) is 132 cm³/mol. The van der Waals surface area contributed by atoms with Gasteiger partial charge in [0.25, 0.3) is 11.8 Å². The zero-order valence-electron chi connectivity index (χ0n) is 19.0. The average molecular weight is 452 g/mol. The molecule has 1 aromatic heterocycles. The third kappa shape index (κ3) is 4.22. The van der Waals surface area contributed by atoms with E-state index in [2.05, 4.69) is 0 Å². The fourth-order valence-electron chi connectivity index (χ4n) is 4.31. The third-order valence-corrected chi connectivity index (χ3v) is 6.21. The lowest BCUT2D eigenvalue weighted by atomic mass is 10.0. The van der Waals surface area contributed by atoms with E-state index in [1.54, 1.807) is 7.11 Å². The van der Waals surface area contributed by atoms with Crippen LogP contribution in [0.15, 0.2) is 84.9 Å². The molecular weight excluding hydrogens is 426 g/mol. The van der Waals surface area contributed by atoms with Crippen molar-refractivity contribution in [3.05, 3.63) is 96.1 Å². The number of pyridine rings is 1. The van der Waals surface area contributed by atoms with Crippen LogP contribution in [0.5, 0.6) is 5.75 Å². The van der Waals surface area contributed by atoms with Gasteiger partial charge in [-0.25, -0.2) is 4.98 Å². The summed E-state index contributed by atoms with van der Waals surface area (Å²) >= 11 is 0. The molecule has 0 radical (unpaired) electrons. The fraction of sp³-hybridized carbons (Fsp3) is 0.179. The Labute approximate surface area is 198 Å². The quantitative estimate of drug-likeness (QED) is 0.458. The van der Waals surface area contributed by atoms with Crippen LogP contribution in [0, 0.1) is 0 Å². The number of piperazine rings is 1. The summed E-state index contributed by atoms with van der Waals surface area (Å²) in [6.07, 6.45) is 0. The monoisotopic (exact) mass is 451 g/mol. The minimum absolute atomic E-state index is 0.00357. The summed E-state index contributed by atoms with van der Waals surface area (Å²) < 4.78 is 5.26. The third-order valence-electron chi connectivity index (χ3n) is 6.21. The summed E-state index contributed by atoms with van der Waals surface area (Å²) in [5.74, 6) is 0.729. The molecule has 0 unspecified atom stereocenters. The molecule has 4 aromatic rings. The highest BCUT2D eigenvalue weighted by Crippen LogP contribution is 2.27. The Kier molecular flexibility index (Phi) is 5.95. The fourth-order valence-corrected chi connectivity index (χ4v) is 4.31. The Balaban J connectivity index is 1.40. The summed E-state index contributed by atoms with van der Waals surface area (Å²) in [4.78, 5) is 34.8. The zero-order chi connectivity index (χ0) is 23.5. The van der Waals surface area contributed by atoms with Gasteiger partial charge in [-0.05, 0) is 48.5 Å². The van der Waals surface area contributed by atoms with E-state index in [1.165, 1.54) is 0 Å². The number of nitrogens with zero attached hydrogens (tertiary/aromatic N) is 3. The van der Waals surface area contributed by atoms with Crippen molar-refractivity contribution < 1.29 is 14.3 Å². The van der Waals surface area contributed by atoms with Gasteiger partial charge in [0.15, 0.2) is 0 Å². The second-order valence-corrected chi connectivity index (χ2v) is 8.25. The van der Waals surface area contributed by atoms with E-state index in [9.17, 15) is 9.59 Å². The standard InChI is InChI=1S/C28H25N3O3/c1-34-22-13-11-20(12-14-22)26-19-24(23-9-5-6-10-25(23)29-26)28(33)31-17-15-30(16-18-31)27(32)21-7-3-2-4-8-21/h2-14,19H,15-18H2,1H3. The first kappa shape index (κ1) is 21.6. The highest BCUT2D eigenvalue weighted by Gasteiger charge is 2.27. The molecule has 0 atom stereocenters. The molecule has 1 aliphatic heterocycles. The normalized spacial score (nSPS) is 13.7. The van der Waals surface area contributed by atoms with Crippen LogP contribution >= 0.6 is 0 Å². The largest absolute Gasteiger partial charge is 0.497 e. The smallest absolute Gasteiger partial charge is 0.254 e. The molecule has 0 N–H and O–H groups in total. The van der Waals surface area contributed by atoms with Crippen LogP contribution in [-0.2, 0) is 0 Å². The van der Waals surface area contributed by atoms with Crippen LogP contribution in [0.4, 0.5) is 0 Å². The molecule has 0 saturated carbocycles. The number of aromatic nitrogens is 1. The van der Waals surface area contributed by atoms with E-state index in [-0.39, 0.29) is 11.8 Å². The highest BCUT2D eigenvalue weighted by atomic mass is 16.5. The molecule has 1 fully saturated rings. The van der Waals surface area contributed by atoms with Crippen molar-refractivity contribution in [2.75, 3.05) is 33.3 Å². The molecule has 0 spiro atoms. The van der Waals surface area contributed by atoms with E-state index in [0.717, 1.165) is 27.9 Å². The summed E-state index contributed by atoms with van der Waals surface area (Å²) in [5.41, 5.74) is 3.73. The lowest BCUT2D eigenvalue weighted by Crippen LogP contribution is -2.50. The Bertz CT molecular complexity index is 1330. The van der Waals surface area contributed by atoms with Crippen LogP contribution in [0.2, 0.25) is 0 Å². The average Bonchev–Trinajstić information content (AvgIpc) is 2.92. The van der Waals surface area contributed by atoms with Crippen LogP contribution in [0.1, 0.15) is 20.7 Å². The van der Waals surface area contributed by atoms with Gasteiger partial charge in [-0.15, -0.1) is 0 Å². The Morgan fingerprint density at radius 3 is 2.06 bits per heavy atom. The summed E-state index contributed by atoms with van der Waals surface area (Å²) in [5, 5.41) is 0.826. The van der Waals surface area contributed by atoms with E-state index in [1.807, 2.05) is 94.7 Å². The second-order valence-electron chi connectivity index (χ2n) is 8.25. The lowest BCUT2D eigenvalue weighted by molar-refractivity contribution is 0.0536. The van der Waals surface area contributed by atoms with Gasteiger partial charge in [-0.2, -0.15) is 0 Å². The van der Waals surface area contributed by atoms with Gasteiger partial charge in [-0.1, -0.05) is 36.4 Å². The minimum Gasteiger partial charge on any atom is -0.497 e. The minimum atomic E-state index is -0.0415. The van der Waals surface area contributed by atoms with Crippen molar-refractivity contribution in [1.29, 1.82) is 0 Å². The maximum Gasteiger partial charge on any atom is 0.254 e. The number of rotatable bonds is 4.